The molecule has 0 unspecified atom stereocenters. The van der Waals surface area contributed by atoms with Gasteiger partial charge < -0.3 is 5.32 Å². The first-order valence-electron chi connectivity index (χ1n) is 6.87. The van der Waals surface area contributed by atoms with Gasteiger partial charge in [-0.1, -0.05) is 30.7 Å². The first-order valence-corrected chi connectivity index (χ1v) is 7.25. The molecule has 1 aliphatic rings. The van der Waals surface area contributed by atoms with E-state index in [1.165, 1.54) is 12.8 Å². The molecule has 1 saturated heterocycles. The van der Waals surface area contributed by atoms with Crippen molar-refractivity contribution < 1.29 is 4.79 Å². The van der Waals surface area contributed by atoms with Crippen molar-refractivity contribution in [2.45, 2.75) is 26.3 Å². The lowest BCUT2D eigenvalue weighted by Crippen LogP contribution is -2.41. The number of rotatable bonds is 4. The van der Waals surface area contributed by atoms with Crippen molar-refractivity contribution in [1.29, 1.82) is 0 Å². The van der Waals surface area contributed by atoms with E-state index in [9.17, 15) is 4.79 Å². The number of nitrogens with one attached hydrogen (secondary N) is 1. The van der Waals surface area contributed by atoms with Crippen molar-refractivity contribution in [3.8, 4) is 0 Å². The van der Waals surface area contributed by atoms with Crippen molar-refractivity contribution >= 4 is 17.5 Å². The third kappa shape index (κ3) is 4.84. The van der Waals surface area contributed by atoms with E-state index in [1.807, 2.05) is 24.3 Å². The van der Waals surface area contributed by atoms with Crippen LogP contribution < -0.4 is 5.32 Å². The number of benzene rings is 1. The third-order valence-corrected chi connectivity index (χ3v) is 3.72. The summed E-state index contributed by atoms with van der Waals surface area (Å²) in [4.78, 5) is 14.1. The van der Waals surface area contributed by atoms with Gasteiger partial charge in [-0.2, -0.15) is 0 Å². The molecular formula is C15H21ClN2O. The minimum Gasteiger partial charge on any atom is -0.351 e. The summed E-state index contributed by atoms with van der Waals surface area (Å²) in [6.07, 6.45) is 2.48. The van der Waals surface area contributed by atoms with Crippen LogP contribution in [-0.2, 0) is 11.3 Å². The minimum atomic E-state index is 0.0917. The highest BCUT2D eigenvalue weighted by Crippen LogP contribution is 2.15. The summed E-state index contributed by atoms with van der Waals surface area (Å²) in [5.74, 6) is 0.795. The van der Waals surface area contributed by atoms with Crippen LogP contribution >= 0.6 is 11.6 Å². The quantitative estimate of drug-likeness (QED) is 0.920. The molecule has 2 rings (SSSR count). The average molecular weight is 281 g/mol. The molecule has 0 bridgehead atoms. The van der Waals surface area contributed by atoms with Gasteiger partial charge in [0, 0.05) is 18.1 Å². The molecule has 1 fully saturated rings. The highest BCUT2D eigenvalue weighted by atomic mass is 35.5. The van der Waals surface area contributed by atoms with Gasteiger partial charge in [-0.3, -0.25) is 9.69 Å². The third-order valence-electron chi connectivity index (χ3n) is 3.49. The lowest BCUT2D eigenvalue weighted by Gasteiger charge is -2.30. The lowest BCUT2D eigenvalue weighted by atomic mass is 10.0. The molecule has 19 heavy (non-hydrogen) atoms. The second-order valence-corrected chi connectivity index (χ2v) is 5.83. The van der Waals surface area contributed by atoms with E-state index in [4.69, 9.17) is 11.6 Å². The van der Waals surface area contributed by atoms with E-state index >= 15 is 0 Å². The largest absolute Gasteiger partial charge is 0.351 e. The zero-order chi connectivity index (χ0) is 13.7. The van der Waals surface area contributed by atoms with Gasteiger partial charge in [0.2, 0.25) is 5.91 Å². The van der Waals surface area contributed by atoms with Gasteiger partial charge in [0.05, 0.1) is 6.54 Å². The molecule has 0 saturated carbocycles. The molecule has 0 spiro atoms. The molecule has 1 aliphatic heterocycles. The highest BCUT2D eigenvalue weighted by molar-refractivity contribution is 6.30. The number of hydrogen-bond acceptors (Lipinski definition) is 2. The van der Waals surface area contributed by atoms with Crippen LogP contribution in [0.15, 0.2) is 24.3 Å². The molecule has 104 valence electrons. The molecule has 1 heterocycles. The second-order valence-electron chi connectivity index (χ2n) is 5.39. The Kier molecular flexibility index (Phi) is 5.23. The number of amides is 1. The molecule has 0 aliphatic carbocycles. The zero-order valence-corrected chi connectivity index (χ0v) is 12.1. The summed E-state index contributed by atoms with van der Waals surface area (Å²) < 4.78 is 0. The number of piperidine rings is 1. The van der Waals surface area contributed by atoms with E-state index in [-0.39, 0.29) is 5.91 Å². The van der Waals surface area contributed by atoms with Crippen molar-refractivity contribution in [3.63, 3.8) is 0 Å². The molecule has 3 nitrogen and oxygen atoms in total. The van der Waals surface area contributed by atoms with Crippen LogP contribution in [0.4, 0.5) is 0 Å². The maximum Gasteiger partial charge on any atom is 0.234 e. The van der Waals surface area contributed by atoms with Crippen LogP contribution in [0, 0.1) is 5.92 Å². The van der Waals surface area contributed by atoms with Crippen LogP contribution in [-0.4, -0.2) is 30.4 Å². The SMILES string of the molecule is C[C@H]1CCCN(CC(=O)NCc2cccc(Cl)c2)C1. The van der Waals surface area contributed by atoms with Crippen LogP contribution in [0.5, 0.6) is 0 Å². The Balaban J connectivity index is 1.75. The fourth-order valence-corrected chi connectivity index (χ4v) is 2.75. The predicted molar refractivity (Wildman–Crippen MR) is 78.1 cm³/mol. The van der Waals surface area contributed by atoms with E-state index in [0.717, 1.165) is 18.7 Å². The first kappa shape index (κ1) is 14.4. The Hall–Kier alpha value is -1.06. The van der Waals surface area contributed by atoms with Crippen LogP contribution in [0.2, 0.25) is 5.02 Å². The summed E-state index contributed by atoms with van der Waals surface area (Å²) in [7, 11) is 0. The van der Waals surface area contributed by atoms with E-state index < -0.39 is 0 Å². The highest BCUT2D eigenvalue weighted by Gasteiger charge is 2.18. The number of nitrogens with zero attached hydrogens (tertiary/aromatic N) is 1. The van der Waals surface area contributed by atoms with Crippen LogP contribution in [0.1, 0.15) is 25.3 Å². The molecule has 1 N–H and O–H groups in total. The van der Waals surface area contributed by atoms with E-state index in [2.05, 4.69) is 17.1 Å². The van der Waals surface area contributed by atoms with E-state index in [0.29, 0.717) is 24.0 Å². The first-order chi connectivity index (χ1) is 9.13. The standard InChI is InChI=1S/C15H21ClN2O/c1-12-4-3-7-18(10-12)11-15(19)17-9-13-5-2-6-14(16)8-13/h2,5-6,8,12H,3-4,7,9-11H2,1H3,(H,17,19)/t12-/m0/s1. The van der Waals surface area contributed by atoms with Crippen molar-refractivity contribution in [1.82, 2.24) is 10.2 Å². The van der Waals surface area contributed by atoms with Crippen molar-refractivity contribution in [2.75, 3.05) is 19.6 Å². The molecule has 0 radical (unpaired) electrons. The summed E-state index contributed by atoms with van der Waals surface area (Å²) >= 11 is 5.91. The van der Waals surface area contributed by atoms with Crippen molar-refractivity contribution in [2.24, 2.45) is 5.92 Å². The van der Waals surface area contributed by atoms with E-state index in [1.54, 1.807) is 0 Å². The molecular weight excluding hydrogens is 260 g/mol. The monoisotopic (exact) mass is 280 g/mol. The summed E-state index contributed by atoms with van der Waals surface area (Å²) in [6.45, 7) is 5.36. The molecule has 1 amide bonds. The number of hydrogen-bond donors (Lipinski definition) is 1. The van der Waals surface area contributed by atoms with Crippen LogP contribution in [0.3, 0.4) is 0 Å². The lowest BCUT2D eigenvalue weighted by molar-refractivity contribution is -0.122. The smallest absolute Gasteiger partial charge is 0.234 e. The number of carbonyl (C=O) groups is 1. The minimum absolute atomic E-state index is 0.0917. The Bertz CT molecular complexity index is 436. The fraction of sp³-hybridized carbons (Fsp3) is 0.533. The molecule has 1 aromatic rings. The summed E-state index contributed by atoms with van der Waals surface area (Å²) in [5.41, 5.74) is 1.04. The molecule has 1 atom stereocenters. The van der Waals surface area contributed by atoms with Gasteiger partial charge in [-0.05, 0) is 43.0 Å². The normalized spacial score (nSPS) is 20.2. The number of halogens is 1. The molecule has 0 aromatic heterocycles. The number of carbonyl (C=O) groups excluding carboxylic acids is 1. The Morgan fingerprint density at radius 3 is 3.11 bits per heavy atom. The maximum absolute atomic E-state index is 11.9. The Labute approximate surface area is 119 Å². The Morgan fingerprint density at radius 2 is 2.37 bits per heavy atom. The predicted octanol–water partition coefficient (Wildman–Crippen LogP) is 2.69. The van der Waals surface area contributed by atoms with Gasteiger partial charge in [0.15, 0.2) is 0 Å². The average Bonchev–Trinajstić information content (AvgIpc) is 2.36. The molecule has 1 aromatic carbocycles. The summed E-state index contributed by atoms with van der Waals surface area (Å²) in [5, 5.41) is 3.65. The number of likely N-dealkylation sites (tertiary alicyclic amines) is 1. The van der Waals surface area contributed by atoms with Crippen molar-refractivity contribution in [3.05, 3.63) is 34.9 Å². The maximum atomic E-state index is 11.9. The van der Waals surface area contributed by atoms with Gasteiger partial charge in [0.1, 0.15) is 0 Å². The van der Waals surface area contributed by atoms with Gasteiger partial charge in [0.25, 0.3) is 0 Å². The topological polar surface area (TPSA) is 32.3 Å². The Morgan fingerprint density at radius 1 is 1.53 bits per heavy atom. The second kappa shape index (κ2) is 6.92. The van der Waals surface area contributed by atoms with Crippen LogP contribution in [0.25, 0.3) is 0 Å². The zero-order valence-electron chi connectivity index (χ0n) is 11.4. The van der Waals surface area contributed by atoms with Gasteiger partial charge in [-0.25, -0.2) is 0 Å². The molecule has 4 heteroatoms. The summed E-state index contributed by atoms with van der Waals surface area (Å²) in [6, 6.07) is 7.58. The fourth-order valence-electron chi connectivity index (χ4n) is 2.54. The van der Waals surface area contributed by atoms with Gasteiger partial charge in [-0.15, -0.1) is 0 Å². The van der Waals surface area contributed by atoms with Gasteiger partial charge >= 0.3 is 0 Å².